The molecule has 2 aromatic heterocycles. The molecule has 1 unspecified atom stereocenters. The van der Waals surface area contributed by atoms with Gasteiger partial charge in [-0.2, -0.15) is 0 Å². The molecule has 0 spiro atoms. The van der Waals surface area contributed by atoms with Gasteiger partial charge < -0.3 is 9.88 Å². The summed E-state index contributed by atoms with van der Waals surface area (Å²) in [6, 6.07) is 2.76. The van der Waals surface area contributed by atoms with Gasteiger partial charge in [-0.15, -0.1) is 0 Å². The topological polar surface area (TPSA) is 29.9 Å². The molecular weight excluding hydrogens is 246 g/mol. The highest BCUT2D eigenvalue weighted by molar-refractivity contribution is 5.31. The summed E-state index contributed by atoms with van der Waals surface area (Å²) in [4.78, 5) is 4.28. The van der Waals surface area contributed by atoms with E-state index in [0.29, 0.717) is 6.04 Å². The Morgan fingerprint density at radius 3 is 3.05 bits per heavy atom. The molecule has 1 aliphatic rings. The highest BCUT2D eigenvalue weighted by Crippen LogP contribution is 2.30. The number of aromatic nitrogens is 2. The Bertz CT molecular complexity index is 586. The molecule has 0 aliphatic heterocycles. The Balaban J connectivity index is 1.82. The number of fused-ring (bicyclic) bond motifs is 1. The number of pyridine rings is 1. The van der Waals surface area contributed by atoms with E-state index in [4.69, 9.17) is 0 Å². The van der Waals surface area contributed by atoms with E-state index in [-0.39, 0.29) is 0 Å². The van der Waals surface area contributed by atoms with E-state index in [2.05, 4.69) is 47.2 Å². The molecule has 1 aliphatic carbocycles. The molecule has 0 radical (unpaired) electrons. The zero-order valence-electron chi connectivity index (χ0n) is 12.4. The van der Waals surface area contributed by atoms with Crippen molar-refractivity contribution in [1.29, 1.82) is 0 Å². The van der Waals surface area contributed by atoms with Gasteiger partial charge in [-0.05, 0) is 55.0 Å². The van der Waals surface area contributed by atoms with Gasteiger partial charge in [0, 0.05) is 37.4 Å². The van der Waals surface area contributed by atoms with E-state index in [9.17, 15) is 0 Å². The SMILES string of the molecule is CCNC1CCCc2cn(Cc3cncc(C)c3)cc21. The molecular formula is C17H23N3. The monoisotopic (exact) mass is 269 g/mol. The summed E-state index contributed by atoms with van der Waals surface area (Å²) in [5, 5.41) is 3.60. The first kappa shape index (κ1) is 13.4. The fourth-order valence-electron chi connectivity index (χ4n) is 3.21. The molecule has 3 nitrogen and oxygen atoms in total. The van der Waals surface area contributed by atoms with Crippen LogP contribution in [0.25, 0.3) is 0 Å². The summed E-state index contributed by atoms with van der Waals surface area (Å²) < 4.78 is 2.32. The molecule has 0 amide bonds. The Morgan fingerprint density at radius 1 is 1.35 bits per heavy atom. The number of hydrogen-bond acceptors (Lipinski definition) is 2. The van der Waals surface area contributed by atoms with Crippen molar-refractivity contribution in [1.82, 2.24) is 14.9 Å². The van der Waals surface area contributed by atoms with E-state index >= 15 is 0 Å². The predicted octanol–water partition coefficient (Wildman–Crippen LogP) is 3.23. The minimum Gasteiger partial charge on any atom is -0.349 e. The van der Waals surface area contributed by atoms with Gasteiger partial charge in [0.05, 0.1) is 0 Å². The van der Waals surface area contributed by atoms with Crippen molar-refractivity contribution in [2.24, 2.45) is 0 Å². The van der Waals surface area contributed by atoms with E-state index in [1.54, 1.807) is 0 Å². The van der Waals surface area contributed by atoms with Gasteiger partial charge in [-0.1, -0.05) is 13.0 Å². The Kier molecular flexibility index (Phi) is 3.88. The van der Waals surface area contributed by atoms with E-state index in [1.807, 2.05) is 12.4 Å². The van der Waals surface area contributed by atoms with E-state index in [0.717, 1.165) is 13.1 Å². The molecule has 0 bridgehead atoms. The van der Waals surface area contributed by atoms with Gasteiger partial charge in [0.25, 0.3) is 0 Å². The van der Waals surface area contributed by atoms with Crippen LogP contribution in [0, 0.1) is 6.92 Å². The first-order valence-electron chi connectivity index (χ1n) is 7.58. The van der Waals surface area contributed by atoms with E-state index < -0.39 is 0 Å². The van der Waals surface area contributed by atoms with Crippen molar-refractivity contribution in [3.8, 4) is 0 Å². The second-order valence-electron chi connectivity index (χ2n) is 5.78. The van der Waals surface area contributed by atoms with Crippen molar-refractivity contribution < 1.29 is 0 Å². The lowest BCUT2D eigenvalue weighted by molar-refractivity contribution is 0.473. The van der Waals surface area contributed by atoms with Gasteiger partial charge in [-0.25, -0.2) is 0 Å². The van der Waals surface area contributed by atoms with Crippen LogP contribution in [0.1, 0.15) is 48.1 Å². The largest absolute Gasteiger partial charge is 0.349 e. The van der Waals surface area contributed by atoms with Crippen LogP contribution < -0.4 is 5.32 Å². The van der Waals surface area contributed by atoms with Crippen LogP contribution in [0.3, 0.4) is 0 Å². The third-order valence-electron chi connectivity index (χ3n) is 4.06. The zero-order valence-corrected chi connectivity index (χ0v) is 12.4. The van der Waals surface area contributed by atoms with Gasteiger partial charge in [-0.3, -0.25) is 4.98 Å². The predicted molar refractivity (Wildman–Crippen MR) is 81.9 cm³/mol. The normalized spacial score (nSPS) is 18.0. The summed E-state index contributed by atoms with van der Waals surface area (Å²) in [5.74, 6) is 0. The van der Waals surface area contributed by atoms with Crippen molar-refractivity contribution >= 4 is 0 Å². The van der Waals surface area contributed by atoms with Crippen molar-refractivity contribution in [2.45, 2.75) is 45.7 Å². The molecule has 0 saturated carbocycles. The van der Waals surface area contributed by atoms with Crippen LogP contribution in [-0.2, 0) is 13.0 Å². The minimum absolute atomic E-state index is 0.542. The van der Waals surface area contributed by atoms with Crippen LogP contribution >= 0.6 is 0 Å². The third kappa shape index (κ3) is 2.78. The standard InChI is InChI=1S/C17H23N3/c1-3-19-17-6-4-5-15-11-20(12-16(15)17)10-14-7-13(2)8-18-9-14/h7-9,11-12,17,19H,3-6,10H2,1-2H3. The summed E-state index contributed by atoms with van der Waals surface area (Å²) in [7, 11) is 0. The fraction of sp³-hybridized carbons (Fsp3) is 0.471. The van der Waals surface area contributed by atoms with Crippen molar-refractivity contribution in [2.75, 3.05) is 6.54 Å². The maximum absolute atomic E-state index is 4.28. The lowest BCUT2D eigenvalue weighted by Gasteiger charge is -2.22. The lowest BCUT2D eigenvalue weighted by Crippen LogP contribution is -2.23. The summed E-state index contributed by atoms with van der Waals surface area (Å²) >= 11 is 0. The summed E-state index contributed by atoms with van der Waals surface area (Å²) in [5.41, 5.74) is 5.52. The van der Waals surface area contributed by atoms with Crippen LogP contribution in [-0.4, -0.2) is 16.1 Å². The quantitative estimate of drug-likeness (QED) is 0.923. The van der Waals surface area contributed by atoms with E-state index in [1.165, 1.54) is 41.5 Å². The smallest absolute Gasteiger partial charge is 0.0485 e. The van der Waals surface area contributed by atoms with Crippen molar-refractivity contribution in [3.63, 3.8) is 0 Å². The summed E-state index contributed by atoms with van der Waals surface area (Å²) in [6.45, 7) is 6.24. The average Bonchev–Trinajstić information content (AvgIpc) is 2.82. The number of nitrogens with zero attached hydrogens (tertiary/aromatic N) is 2. The first-order chi connectivity index (χ1) is 9.76. The Labute approximate surface area is 121 Å². The van der Waals surface area contributed by atoms with Gasteiger partial charge in [0.15, 0.2) is 0 Å². The van der Waals surface area contributed by atoms with Crippen molar-refractivity contribution in [3.05, 3.63) is 53.1 Å². The minimum atomic E-state index is 0.542. The van der Waals surface area contributed by atoms with Crippen LogP contribution in [0.5, 0.6) is 0 Å². The molecule has 0 aromatic carbocycles. The van der Waals surface area contributed by atoms with Crippen LogP contribution in [0.4, 0.5) is 0 Å². The van der Waals surface area contributed by atoms with Gasteiger partial charge in [0.2, 0.25) is 0 Å². The Morgan fingerprint density at radius 2 is 2.25 bits per heavy atom. The molecule has 1 atom stereocenters. The molecule has 106 valence electrons. The fourth-order valence-corrected chi connectivity index (χ4v) is 3.21. The average molecular weight is 269 g/mol. The van der Waals surface area contributed by atoms with Gasteiger partial charge in [0.1, 0.15) is 0 Å². The molecule has 2 heterocycles. The highest BCUT2D eigenvalue weighted by atomic mass is 15.0. The molecule has 0 fully saturated rings. The molecule has 3 rings (SSSR count). The van der Waals surface area contributed by atoms with Crippen LogP contribution in [0.15, 0.2) is 30.9 Å². The maximum Gasteiger partial charge on any atom is 0.0485 e. The lowest BCUT2D eigenvalue weighted by atomic mass is 9.91. The maximum atomic E-state index is 4.28. The second kappa shape index (κ2) is 5.80. The number of aryl methyl sites for hydroxylation is 2. The molecule has 3 heteroatoms. The third-order valence-corrected chi connectivity index (χ3v) is 4.06. The summed E-state index contributed by atoms with van der Waals surface area (Å²) in [6.07, 6.45) is 12.3. The Hall–Kier alpha value is -1.61. The number of nitrogens with one attached hydrogen (secondary N) is 1. The molecule has 0 saturated heterocycles. The zero-order chi connectivity index (χ0) is 13.9. The van der Waals surface area contributed by atoms with Crippen LogP contribution in [0.2, 0.25) is 0 Å². The highest BCUT2D eigenvalue weighted by Gasteiger charge is 2.21. The molecule has 2 aromatic rings. The first-order valence-corrected chi connectivity index (χ1v) is 7.58. The molecule has 1 N–H and O–H groups in total. The second-order valence-corrected chi connectivity index (χ2v) is 5.78. The number of rotatable bonds is 4. The number of hydrogen-bond donors (Lipinski definition) is 1. The molecule has 20 heavy (non-hydrogen) atoms. The van der Waals surface area contributed by atoms with Gasteiger partial charge >= 0.3 is 0 Å².